The van der Waals surface area contributed by atoms with Crippen LogP contribution in [0.2, 0.25) is 0 Å². The number of nitrogens with zero attached hydrogens (tertiary/aromatic N) is 3. The smallest absolute Gasteiger partial charge is 0.130 e. The second-order valence-corrected chi connectivity index (χ2v) is 7.70. The van der Waals surface area contributed by atoms with Crippen LogP contribution in [0, 0.1) is 6.92 Å². The van der Waals surface area contributed by atoms with Crippen molar-refractivity contribution in [2.45, 2.75) is 33.2 Å². The van der Waals surface area contributed by atoms with Crippen LogP contribution in [-0.4, -0.2) is 14.9 Å². The quantitative estimate of drug-likeness (QED) is 0.362. The van der Waals surface area contributed by atoms with Crippen molar-refractivity contribution in [3.8, 4) is 5.75 Å². The molecule has 0 bridgehead atoms. The van der Waals surface area contributed by atoms with Crippen molar-refractivity contribution in [3.63, 3.8) is 0 Å². The first kappa shape index (κ1) is 20.8. The van der Waals surface area contributed by atoms with E-state index in [9.17, 15) is 0 Å². The van der Waals surface area contributed by atoms with Crippen molar-refractivity contribution >= 4 is 0 Å². The molecule has 0 amide bonds. The van der Waals surface area contributed by atoms with Crippen molar-refractivity contribution in [3.05, 3.63) is 125 Å². The largest absolute Gasteiger partial charge is 0.487 e. The molecule has 0 saturated heterocycles. The van der Waals surface area contributed by atoms with Gasteiger partial charge in [-0.15, -0.1) is 0 Å². The highest BCUT2D eigenvalue weighted by molar-refractivity contribution is 5.33. The zero-order valence-corrected chi connectivity index (χ0v) is 17.8. The second kappa shape index (κ2) is 10.5. The van der Waals surface area contributed by atoms with Crippen LogP contribution < -0.4 is 4.74 Å². The number of pyridine rings is 2. The summed E-state index contributed by atoms with van der Waals surface area (Å²) in [7, 11) is 0. The number of para-hydroxylation sites is 1. The minimum Gasteiger partial charge on any atom is -0.487 e. The van der Waals surface area contributed by atoms with Crippen molar-refractivity contribution in [2.24, 2.45) is 0 Å². The van der Waals surface area contributed by atoms with Gasteiger partial charge >= 0.3 is 0 Å². The third-order valence-electron chi connectivity index (χ3n) is 5.15. The Kier molecular flexibility index (Phi) is 7.04. The molecule has 2 aromatic carbocycles. The fraction of sp³-hybridized carbons (Fsp3) is 0.185. The van der Waals surface area contributed by atoms with Gasteiger partial charge in [0.25, 0.3) is 0 Å². The highest BCUT2D eigenvalue weighted by Crippen LogP contribution is 2.23. The van der Waals surface area contributed by atoms with Crippen LogP contribution in [0.15, 0.2) is 97.5 Å². The van der Waals surface area contributed by atoms with Gasteiger partial charge in [0.1, 0.15) is 12.4 Å². The van der Waals surface area contributed by atoms with E-state index in [0.717, 1.165) is 31.1 Å². The van der Waals surface area contributed by atoms with Crippen molar-refractivity contribution < 1.29 is 4.74 Å². The fourth-order valence-electron chi connectivity index (χ4n) is 3.52. The molecule has 4 aromatic rings. The molecule has 0 aliphatic carbocycles. The Labute approximate surface area is 184 Å². The van der Waals surface area contributed by atoms with E-state index in [0.29, 0.717) is 6.61 Å². The van der Waals surface area contributed by atoms with E-state index in [1.54, 1.807) is 6.20 Å². The van der Waals surface area contributed by atoms with Gasteiger partial charge in [0.15, 0.2) is 0 Å². The molecule has 0 spiro atoms. The Morgan fingerprint density at radius 2 is 1.42 bits per heavy atom. The third-order valence-corrected chi connectivity index (χ3v) is 5.15. The molecular weight excluding hydrogens is 382 g/mol. The number of hydrogen-bond donors (Lipinski definition) is 0. The molecular formula is C27H27N3O. The van der Waals surface area contributed by atoms with Gasteiger partial charge in [0.05, 0.1) is 5.69 Å². The molecule has 2 heterocycles. The topological polar surface area (TPSA) is 38.2 Å². The highest BCUT2D eigenvalue weighted by Gasteiger charge is 2.12. The summed E-state index contributed by atoms with van der Waals surface area (Å²) in [6, 6.07) is 27.0. The molecule has 4 rings (SSSR count). The zero-order chi connectivity index (χ0) is 21.3. The molecule has 0 atom stereocenters. The summed E-state index contributed by atoms with van der Waals surface area (Å²) in [6.07, 6.45) is 5.50. The predicted octanol–water partition coefficient (Wildman–Crippen LogP) is 5.57. The molecule has 0 aliphatic heterocycles. The van der Waals surface area contributed by atoms with Gasteiger partial charge < -0.3 is 4.74 Å². The normalized spacial score (nSPS) is 10.9. The SMILES string of the molecule is Cc1ccc(CN(Cc2ccncc2)Cc2ccccc2OCc2ccccn2)cc1. The minimum absolute atomic E-state index is 0.459. The molecule has 4 heteroatoms. The maximum atomic E-state index is 6.14. The van der Waals surface area contributed by atoms with Crippen LogP contribution in [0.3, 0.4) is 0 Å². The zero-order valence-electron chi connectivity index (χ0n) is 17.8. The Morgan fingerprint density at radius 1 is 0.710 bits per heavy atom. The Morgan fingerprint density at radius 3 is 2.16 bits per heavy atom. The number of aryl methyl sites for hydroxylation is 1. The Hall–Kier alpha value is -3.50. The van der Waals surface area contributed by atoms with E-state index in [2.05, 4.69) is 70.3 Å². The van der Waals surface area contributed by atoms with E-state index in [1.807, 2.05) is 42.7 Å². The molecule has 2 aromatic heterocycles. The van der Waals surface area contributed by atoms with Crippen LogP contribution in [0.25, 0.3) is 0 Å². The van der Waals surface area contributed by atoms with E-state index in [-0.39, 0.29) is 0 Å². The number of aromatic nitrogens is 2. The summed E-state index contributed by atoms with van der Waals surface area (Å²) in [5.41, 5.74) is 5.91. The molecule has 0 radical (unpaired) electrons. The standard InChI is InChI=1S/C27H27N3O/c1-22-9-11-23(12-10-22)18-30(19-24-13-16-28-17-14-24)20-25-6-2-3-8-27(25)31-21-26-7-4-5-15-29-26/h2-17H,18-21H2,1H3. The lowest BCUT2D eigenvalue weighted by molar-refractivity contribution is 0.237. The van der Waals surface area contributed by atoms with E-state index >= 15 is 0 Å². The van der Waals surface area contributed by atoms with E-state index in [4.69, 9.17) is 4.74 Å². The van der Waals surface area contributed by atoms with E-state index < -0.39 is 0 Å². The summed E-state index contributed by atoms with van der Waals surface area (Å²) < 4.78 is 6.14. The molecule has 0 saturated carbocycles. The molecule has 156 valence electrons. The van der Waals surface area contributed by atoms with Crippen molar-refractivity contribution in [2.75, 3.05) is 0 Å². The van der Waals surface area contributed by atoms with Gasteiger partial charge in [-0.25, -0.2) is 0 Å². The number of hydrogen-bond acceptors (Lipinski definition) is 4. The maximum Gasteiger partial charge on any atom is 0.130 e. The Balaban J connectivity index is 1.52. The number of ether oxygens (including phenoxy) is 1. The monoisotopic (exact) mass is 409 g/mol. The van der Waals surface area contributed by atoms with Crippen LogP contribution in [0.1, 0.15) is 27.9 Å². The van der Waals surface area contributed by atoms with Gasteiger partial charge in [-0.3, -0.25) is 14.9 Å². The van der Waals surface area contributed by atoms with Gasteiger partial charge in [-0.05, 0) is 48.4 Å². The first-order valence-electron chi connectivity index (χ1n) is 10.5. The van der Waals surface area contributed by atoms with Crippen LogP contribution >= 0.6 is 0 Å². The van der Waals surface area contributed by atoms with Gasteiger partial charge in [0, 0.05) is 43.8 Å². The molecule has 0 aliphatic rings. The van der Waals surface area contributed by atoms with Gasteiger partial charge in [0.2, 0.25) is 0 Å². The first-order valence-corrected chi connectivity index (χ1v) is 10.5. The lowest BCUT2D eigenvalue weighted by Gasteiger charge is -2.24. The van der Waals surface area contributed by atoms with Crippen LogP contribution in [0.5, 0.6) is 5.75 Å². The molecule has 31 heavy (non-hydrogen) atoms. The summed E-state index contributed by atoms with van der Waals surface area (Å²) in [5, 5.41) is 0. The number of benzene rings is 2. The third kappa shape index (κ3) is 6.24. The average Bonchev–Trinajstić information content (AvgIpc) is 2.81. The first-order chi connectivity index (χ1) is 15.3. The lowest BCUT2D eigenvalue weighted by Crippen LogP contribution is -2.23. The van der Waals surface area contributed by atoms with Crippen molar-refractivity contribution in [1.82, 2.24) is 14.9 Å². The molecule has 0 unspecified atom stereocenters. The number of rotatable bonds is 9. The fourth-order valence-corrected chi connectivity index (χ4v) is 3.52. The molecule has 0 N–H and O–H groups in total. The molecule has 0 fully saturated rings. The summed E-state index contributed by atoms with van der Waals surface area (Å²) in [6.45, 7) is 5.06. The minimum atomic E-state index is 0.459. The highest BCUT2D eigenvalue weighted by atomic mass is 16.5. The van der Waals surface area contributed by atoms with Crippen LogP contribution in [0.4, 0.5) is 0 Å². The lowest BCUT2D eigenvalue weighted by atomic mass is 10.1. The predicted molar refractivity (Wildman–Crippen MR) is 123 cm³/mol. The van der Waals surface area contributed by atoms with Crippen molar-refractivity contribution in [1.29, 1.82) is 0 Å². The summed E-state index contributed by atoms with van der Waals surface area (Å²) in [5.74, 6) is 0.900. The van der Waals surface area contributed by atoms with Crippen LogP contribution in [-0.2, 0) is 26.2 Å². The van der Waals surface area contributed by atoms with Gasteiger partial charge in [-0.2, -0.15) is 0 Å². The molecule has 4 nitrogen and oxygen atoms in total. The second-order valence-electron chi connectivity index (χ2n) is 7.70. The maximum absolute atomic E-state index is 6.14. The average molecular weight is 410 g/mol. The Bertz CT molecular complexity index is 1070. The van der Waals surface area contributed by atoms with E-state index in [1.165, 1.54) is 22.3 Å². The van der Waals surface area contributed by atoms with Gasteiger partial charge in [-0.1, -0.05) is 54.1 Å². The summed E-state index contributed by atoms with van der Waals surface area (Å²) >= 11 is 0. The summed E-state index contributed by atoms with van der Waals surface area (Å²) in [4.78, 5) is 10.9.